The van der Waals surface area contributed by atoms with E-state index in [2.05, 4.69) is 45.9 Å². The van der Waals surface area contributed by atoms with Crippen molar-refractivity contribution in [1.82, 2.24) is 0 Å². The number of aryl methyl sites for hydroxylation is 3. The van der Waals surface area contributed by atoms with E-state index in [1.165, 1.54) is 35.1 Å². The molecule has 1 aromatic rings. The maximum absolute atomic E-state index is 2.45. The minimum atomic E-state index is 0.586. The number of rotatable bonds is 2. The minimum Gasteiger partial charge on any atom is -0.0780 e. The summed E-state index contributed by atoms with van der Waals surface area (Å²) in [6.45, 7) is 8.96. The van der Waals surface area contributed by atoms with Crippen LogP contribution in [0, 0.1) is 20.8 Å². The molecule has 0 saturated heterocycles. The Bertz CT molecular complexity index is 381. The van der Waals surface area contributed by atoms with Gasteiger partial charge in [-0.25, -0.2) is 0 Å². The Morgan fingerprint density at radius 3 is 2.07 bits per heavy atom. The molecule has 0 spiro atoms. The van der Waals surface area contributed by atoms with Gasteiger partial charge in [-0.1, -0.05) is 36.3 Å². The molecule has 80 valence electrons. The Morgan fingerprint density at radius 2 is 1.60 bits per heavy atom. The highest BCUT2D eigenvalue weighted by atomic mass is 14.2. The summed E-state index contributed by atoms with van der Waals surface area (Å²) in [7, 11) is 0. The van der Waals surface area contributed by atoms with Crippen LogP contribution in [0.4, 0.5) is 0 Å². The van der Waals surface area contributed by atoms with Crippen molar-refractivity contribution < 1.29 is 0 Å². The van der Waals surface area contributed by atoms with Crippen LogP contribution in [0.5, 0.6) is 0 Å². The lowest BCUT2D eigenvalue weighted by molar-refractivity contribution is 0.931. The maximum Gasteiger partial charge on any atom is -0.000251 e. The molecular formula is C15H20. The smallest absolute Gasteiger partial charge is 0.000251 e. The fraction of sp³-hybridized carbons (Fsp3) is 0.467. The summed E-state index contributed by atoms with van der Waals surface area (Å²) in [5, 5.41) is 0. The Hall–Kier alpha value is -1.04. The van der Waals surface area contributed by atoms with E-state index < -0.39 is 0 Å². The molecule has 1 aliphatic rings. The van der Waals surface area contributed by atoms with Crippen molar-refractivity contribution in [3.05, 3.63) is 46.0 Å². The SMILES string of the molecule is Cc1cc(C)c(C(C)C=C2CC2)c(C)c1. The van der Waals surface area contributed by atoms with Crippen molar-refractivity contribution in [2.75, 3.05) is 0 Å². The number of hydrogen-bond acceptors (Lipinski definition) is 0. The maximum atomic E-state index is 2.45. The van der Waals surface area contributed by atoms with Crippen LogP contribution in [0.25, 0.3) is 0 Å². The highest BCUT2D eigenvalue weighted by Gasteiger charge is 2.15. The molecule has 0 aromatic heterocycles. The van der Waals surface area contributed by atoms with Crippen LogP contribution in [0.3, 0.4) is 0 Å². The first-order valence-corrected chi connectivity index (χ1v) is 5.85. The summed E-state index contributed by atoms with van der Waals surface area (Å²) in [6, 6.07) is 4.59. The molecule has 0 radical (unpaired) electrons. The third-order valence-corrected chi connectivity index (χ3v) is 3.22. The van der Waals surface area contributed by atoms with E-state index in [-0.39, 0.29) is 0 Å². The summed E-state index contributed by atoms with van der Waals surface area (Å²) in [5.41, 5.74) is 7.43. The molecule has 1 unspecified atom stereocenters. The molecule has 1 saturated carbocycles. The molecular weight excluding hydrogens is 180 g/mol. The molecule has 2 rings (SSSR count). The summed E-state index contributed by atoms with van der Waals surface area (Å²) in [4.78, 5) is 0. The zero-order valence-electron chi connectivity index (χ0n) is 10.2. The summed E-state index contributed by atoms with van der Waals surface area (Å²) >= 11 is 0. The molecule has 1 aliphatic carbocycles. The molecule has 1 fully saturated rings. The van der Waals surface area contributed by atoms with Gasteiger partial charge in [0.25, 0.3) is 0 Å². The molecule has 0 aliphatic heterocycles. The summed E-state index contributed by atoms with van der Waals surface area (Å²) < 4.78 is 0. The van der Waals surface area contributed by atoms with Gasteiger partial charge in [0.2, 0.25) is 0 Å². The number of hydrogen-bond donors (Lipinski definition) is 0. The van der Waals surface area contributed by atoms with Gasteiger partial charge in [0.1, 0.15) is 0 Å². The quantitative estimate of drug-likeness (QED) is 0.619. The molecule has 0 heteroatoms. The van der Waals surface area contributed by atoms with Gasteiger partial charge in [-0.15, -0.1) is 0 Å². The molecule has 15 heavy (non-hydrogen) atoms. The van der Waals surface area contributed by atoms with Crippen molar-refractivity contribution in [1.29, 1.82) is 0 Å². The van der Waals surface area contributed by atoms with Gasteiger partial charge >= 0.3 is 0 Å². The Balaban J connectivity index is 2.38. The van der Waals surface area contributed by atoms with Crippen LogP contribution >= 0.6 is 0 Å². The third kappa shape index (κ3) is 2.31. The van der Waals surface area contributed by atoms with Gasteiger partial charge in [0, 0.05) is 0 Å². The van der Waals surface area contributed by atoms with E-state index >= 15 is 0 Å². The van der Waals surface area contributed by atoms with Crippen molar-refractivity contribution in [2.24, 2.45) is 0 Å². The van der Waals surface area contributed by atoms with Gasteiger partial charge in [-0.2, -0.15) is 0 Å². The molecule has 0 heterocycles. The van der Waals surface area contributed by atoms with E-state index in [1.807, 2.05) is 0 Å². The fourth-order valence-corrected chi connectivity index (χ4v) is 2.59. The van der Waals surface area contributed by atoms with Crippen LogP contribution in [-0.2, 0) is 0 Å². The lowest BCUT2D eigenvalue weighted by Crippen LogP contribution is -1.98. The van der Waals surface area contributed by atoms with Crippen molar-refractivity contribution >= 4 is 0 Å². The van der Waals surface area contributed by atoms with E-state index in [9.17, 15) is 0 Å². The Labute approximate surface area is 93.0 Å². The first-order valence-electron chi connectivity index (χ1n) is 5.85. The van der Waals surface area contributed by atoms with E-state index in [0.717, 1.165) is 0 Å². The summed E-state index contributed by atoms with van der Waals surface area (Å²) in [5.74, 6) is 0.586. The zero-order valence-corrected chi connectivity index (χ0v) is 10.2. The fourth-order valence-electron chi connectivity index (χ4n) is 2.59. The summed E-state index contributed by atoms with van der Waals surface area (Å²) in [6.07, 6.45) is 5.10. The molecule has 0 amide bonds. The van der Waals surface area contributed by atoms with Crippen molar-refractivity contribution in [3.8, 4) is 0 Å². The second-order valence-corrected chi connectivity index (χ2v) is 4.93. The van der Waals surface area contributed by atoms with Crippen molar-refractivity contribution in [3.63, 3.8) is 0 Å². The molecule has 0 N–H and O–H groups in total. The zero-order chi connectivity index (χ0) is 11.0. The average Bonchev–Trinajstić information content (AvgIpc) is 2.85. The highest BCUT2D eigenvalue weighted by Crippen LogP contribution is 2.34. The second-order valence-electron chi connectivity index (χ2n) is 4.93. The third-order valence-electron chi connectivity index (χ3n) is 3.22. The lowest BCUT2D eigenvalue weighted by atomic mass is 9.90. The molecule has 0 nitrogen and oxygen atoms in total. The predicted octanol–water partition coefficient (Wildman–Crippen LogP) is 4.44. The first kappa shape index (κ1) is 10.5. The average molecular weight is 200 g/mol. The topological polar surface area (TPSA) is 0 Å². The van der Waals surface area contributed by atoms with Crippen LogP contribution in [0.2, 0.25) is 0 Å². The van der Waals surface area contributed by atoms with Crippen LogP contribution in [0.15, 0.2) is 23.8 Å². The van der Waals surface area contributed by atoms with E-state index in [1.54, 1.807) is 5.57 Å². The van der Waals surface area contributed by atoms with Crippen LogP contribution in [0.1, 0.15) is 47.9 Å². The van der Waals surface area contributed by atoms with Crippen LogP contribution < -0.4 is 0 Å². The highest BCUT2D eigenvalue weighted by molar-refractivity contribution is 5.42. The lowest BCUT2D eigenvalue weighted by Gasteiger charge is -2.15. The Kier molecular flexibility index (Phi) is 2.68. The predicted molar refractivity (Wildman–Crippen MR) is 66.4 cm³/mol. The Morgan fingerprint density at radius 1 is 1.07 bits per heavy atom. The van der Waals surface area contributed by atoms with Gasteiger partial charge in [0.05, 0.1) is 0 Å². The van der Waals surface area contributed by atoms with Crippen molar-refractivity contribution in [2.45, 2.75) is 46.5 Å². The van der Waals surface area contributed by atoms with Gasteiger partial charge in [-0.3, -0.25) is 0 Å². The molecule has 0 bridgehead atoms. The van der Waals surface area contributed by atoms with E-state index in [4.69, 9.17) is 0 Å². The molecule has 1 atom stereocenters. The largest absolute Gasteiger partial charge is 0.0780 e. The monoisotopic (exact) mass is 200 g/mol. The number of benzene rings is 1. The van der Waals surface area contributed by atoms with E-state index in [0.29, 0.717) is 5.92 Å². The normalized spacial score (nSPS) is 16.4. The van der Waals surface area contributed by atoms with Gasteiger partial charge in [-0.05, 0) is 56.2 Å². The standard InChI is InChI=1S/C15H20/c1-10-7-11(2)15(12(3)8-10)13(4)9-14-5-6-14/h7-9,13H,5-6H2,1-4H3. The van der Waals surface area contributed by atoms with Gasteiger partial charge in [0.15, 0.2) is 0 Å². The first-order chi connectivity index (χ1) is 7.08. The minimum absolute atomic E-state index is 0.586. The molecule has 1 aromatic carbocycles. The number of allylic oxidation sites excluding steroid dienone is 2. The second kappa shape index (κ2) is 3.84. The van der Waals surface area contributed by atoms with Gasteiger partial charge < -0.3 is 0 Å². The van der Waals surface area contributed by atoms with Crippen LogP contribution in [-0.4, -0.2) is 0 Å².